The van der Waals surface area contributed by atoms with Crippen molar-refractivity contribution in [3.8, 4) is 0 Å². The number of sulfonamides is 1. The van der Waals surface area contributed by atoms with Gasteiger partial charge in [0, 0.05) is 17.3 Å². The Morgan fingerprint density at radius 3 is 2.57 bits per heavy atom. The van der Waals surface area contributed by atoms with E-state index in [9.17, 15) is 13.2 Å². The molecule has 0 atom stereocenters. The van der Waals surface area contributed by atoms with Crippen LogP contribution in [0.5, 0.6) is 0 Å². The number of nitrogen functional groups attached to an aromatic ring is 1. The van der Waals surface area contributed by atoms with Crippen LogP contribution in [0.2, 0.25) is 0 Å². The van der Waals surface area contributed by atoms with Crippen molar-refractivity contribution in [2.24, 2.45) is 5.14 Å². The number of carbonyl (C=O) groups excluding carboxylic acids is 1. The lowest BCUT2D eigenvalue weighted by molar-refractivity contribution is 0.0932. The third kappa shape index (κ3) is 2.20. The molecule has 0 saturated heterocycles. The van der Waals surface area contributed by atoms with Gasteiger partial charge in [-0.25, -0.2) is 13.6 Å². The summed E-state index contributed by atoms with van der Waals surface area (Å²) in [6.07, 6.45) is 1.54. The highest BCUT2D eigenvalue weighted by Crippen LogP contribution is 2.23. The summed E-state index contributed by atoms with van der Waals surface area (Å²) in [5.74, 6) is -0.635. The third-order valence-corrected chi connectivity index (χ3v) is 3.84. The normalized spacial score (nSPS) is 11.9. The fourth-order valence-electron chi connectivity index (χ4n) is 2.08. The predicted molar refractivity (Wildman–Crippen MR) is 76.2 cm³/mol. The first-order chi connectivity index (χ1) is 9.88. The molecule has 0 saturated carbocycles. The van der Waals surface area contributed by atoms with E-state index in [1.165, 1.54) is 10.6 Å². The van der Waals surface area contributed by atoms with Crippen LogP contribution < -0.4 is 10.9 Å². The van der Waals surface area contributed by atoms with Crippen LogP contribution >= 0.6 is 0 Å². The van der Waals surface area contributed by atoms with Crippen LogP contribution in [0, 0.1) is 0 Å². The molecule has 0 aliphatic heterocycles. The largest absolute Gasteiger partial charge is 0.438 e. The lowest BCUT2D eigenvalue weighted by atomic mass is 10.2. The first-order valence-electron chi connectivity index (χ1n) is 5.91. The molecule has 0 bridgehead atoms. The van der Waals surface area contributed by atoms with E-state index in [1.54, 1.807) is 30.5 Å². The van der Waals surface area contributed by atoms with Crippen LogP contribution in [-0.2, 0) is 10.0 Å². The molecule has 0 amide bonds. The minimum atomic E-state index is -3.98. The highest BCUT2D eigenvalue weighted by molar-refractivity contribution is 7.89. The summed E-state index contributed by atoms with van der Waals surface area (Å²) in [5.41, 5.74) is 6.98. The lowest BCUT2D eigenvalue weighted by Gasteiger charge is -2.02. The number of fused-ring (bicyclic) bond motifs is 1. The maximum atomic E-state index is 12.4. The van der Waals surface area contributed by atoms with Gasteiger partial charge in [-0.3, -0.25) is 9.36 Å². The first-order valence-corrected chi connectivity index (χ1v) is 7.45. The molecule has 108 valence electrons. The summed E-state index contributed by atoms with van der Waals surface area (Å²) in [6, 6.07) is 9.28. The Balaban J connectivity index is 2.09. The van der Waals surface area contributed by atoms with Crippen LogP contribution in [0.1, 0.15) is 10.6 Å². The molecule has 0 aliphatic carbocycles. The second-order valence-electron chi connectivity index (χ2n) is 4.43. The maximum absolute atomic E-state index is 12.4. The zero-order chi connectivity index (χ0) is 15.2. The van der Waals surface area contributed by atoms with E-state index in [0.717, 1.165) is 11.5 Å². The molecular formula is C13H11N3O4S. The molecule has 0 spiro atoms. The van der Waals surface area contributed by atoms with Crippen molar-refractivity contribution in [3.63, 3.8) is 0 Å². The molecule has 8 heteroatoms. The van der Waals surface area contributed by atoms with E-state index in [-0.39, 0.29) is 5.76 Å². The minimum absolute atomic E-state index is 0.126. The number of nitrogens with zero attached hydrogens (tertiary/aromatic N) is 1. The number of carbonyl (C=O) groups is 1. The summed E-state index contributed by atoms with van der Waals surface area (Å²) in [4.78, 5) is 12.4. The molecule has 0 fully saturated rings. The van der Waals surface area contributed by atoms with Crippen molar-refractivity contribution in [2.45, 2.75) is 5.09 Å². The van der Waals surface area contributed by atoms with Crippen molar-refractivity contribution in [2.75, 3.05) is 5.73 Å². The van der Waals surface area contributed by atoms with Gasteiger partial charge in [0.2, 0.25) is 5.09 Å². The third-order valence-electron chi connectivity index (χ3n) is 3.06. The van der Waals surface area contributed by atoms with E-state index in [4.69, 9.17) is 15.3 Å². The highest BCUT2D eigenvalue weighted by Gasteiger charge is 2.19. The van der Waals surface area contributed by atoms with Crippen LogP contribution in [0.3, 0.4) is 0 Å². The summed E-state index contributed by atoms with van der Waals surface area (Å²) in [5, 5.41) is 5.21. The Morgan fingerprint density at radius 1 is 1.14 bits per heavy atom. The Kier molecular flexibility index (Phi) is 2.85. The van der Waals surface area contributed by atoms with Gasteiger partial charge in [0.15, 0.2) is 5.76 Å². The van der Waals surface area contributed by atoms with Gasteiger partial charge in [-0.1, -0.05) is 6.07 Å². The number of hydrogen-bond donors (Lipinski definition) is 2. The smallest absolute Gasteiger partial charge is 0.298 e. The summed E-state index contributed by atoms with van der Waals surface area (Å²) in [6.45, 7) is 0. The minimum Gasteiger partial charge on any atom is -0.438 e. The predicted octanol–water partition coefficient (Wildman–Crippen LogP) is 1.15. The topological polar surface area (TPSA) is 121 Å². The van der Waals surface area contributed by atoms with E-state index in [0.29, 0.717) is 11.2 Å². The Morgan fingerprint density at radius 2 is 1.90 bits per heavy atom. The lowest BCUT2D eigenvalue weighted by Crippen LogP contribution is -2.12. The molecule has 0 radical (unpaired) electrons. The molecule has 21 heavy (non-hydrogen) atoms. The number of anilines is 1. The summed E-state index contributed by atoms with van der Waals surface area (Å²) in [7, 11) is -3.98. The van der Waals surface area contributed by atoms with E-state index in [2.05, 4.69) is 0 Å². The van der Waals surface area contributed by atoms with Gasteiger partial charge < -0.3 is 10.2 Å². The molecular weight excluding hydrogens is 294 g/mol. The van der Waals surface area contributed by atoms with Gasteiger partial charge in [0.05, 0.1) is 5.52 Å². The van der Waals surface area contributed by atoms with Gasteiger partial charge in [-0.2, -0.15) is 0 Å². The number of primary sulfonamides is 1. The van der Waals surface area contributed by atoms with Gasteiger partial charge in [0.1, 0.15) is 0 Å². The molecule has 0 unspecified atom stereocenters. The molecule has 3 rings (SSSR count). The highest BCUT2D eigenvalue weighted by atomic mass is 32.2. The molecule has 3 aromatic rings. The SMILES string of the molecule is Nc1cccc2c1ccn2C(=O)c1ccc(S(N)(=O)=O)o1. The van der Waals surface area contributed by atoms with Crippen molar-refractivity contribution in [3.05, 3.63) is 48.4 Å². The van der Waals surface area contributed by atoms with Crippen LogP contribution in [0.25, 0.3) is 10.9 Å². The van der Waals surface area contributed by atoms with E-state index >= 15 is 0 Å². The average molecular weight is 305 g/mol. The first kappa shape index (κ1) is 13.4. The van der Waals surface area contributed by atoms with Crippen molar-refractivity contribution in [1.29, 1.82) is 0 Å². The van der Waals surface area contributed by atoms with Crippen LogP contribution in [0.15, 0.2) is 52.1 Å². The molecule has 7 nitrogen and oxygen atoms in total. The van der Waals surface area contributed by atoms with Gasteiger partial charge in [0.25, 0.3) is 15.9 Å². The Hall–Kier alpha value is -2.58. The van der Waals surface area contributed by atoms with Crippen LogP contribution in [0.4, 0.5) is 5.69 Å². The van der Waals surface area contributed by atoms with E-state index in [1.807, 2.05) is 0 Å². The molecule has 4 N–H and O–H groups in total. The van der Waals surface area contributed by atoms with Crippen molar-refractivity contribution >= 4 is 32.5 Å². The van der Waals surface area contributed by atoms with Gasteiger partial charge >= 0.3 is 0 Å². The van der Waals surface area contributed by atoms with Crippen LogP contribution in [-0.4, -0.2) is 18.9 Å². The number of nitrogens with two attached hydrogens (primary N) is 2. The monoisotopic (exact) mass is 305 g/mol. The zero-order valence-electron chi connectivity index (χ0n) is 10.7. The number of aromatic nitrogens is 1. The molecule has 0 aliphatic rings. The summed E-state index contributed by atoms with van der Waals surface area (Å²) < 4.78 is 28.7. The van der Waals surface area contributed by atoms with E-state index < -0.39 is 21.0 Å². The Labute approximate surface area is 119 Å². The number of rotatable bonds is 2. The number of furan rings is 1. The standard InChI is InChI=1S/C13H11N3O4S/c14-9-2-1-3-10-8(9)6-7-16(10)13(17)11-4-5-12(20-11)21(15,18)19/h1-7H,14H2,(H2,15,18,19). The zero-order valence-corrected chi connectivity index (χ0v) is 11.5. The maximum Gasteiger partial charge on any atom is 0.298 e. The fourth-order valence-corrected chi connectivity index (χ4v) is 2.54. The number of benzene rings is 1. The van der Waals surface area contributed by atoms with Gasteiger partial charge in [-0.05, 0) is 30.3 Å². The average Bonchev–Trinajstić information content (AvgIpc) is 3.05. The summed E-state index contributed by atoms with van der Waals surface area (Å²) >= 11 is 0. The second kappa shape index (κ2) is 4.47. The quantitative estimate of drug-likeness (QED) is 0.688. The molecule has 1 aromatic carbocycles. The van der Waals surface area contributed by atoms with Crippen molar-refractivity contribution < 1.29 is 17.6 Å². The fraction of sp³-hybridized carbons (Fsp3) is 0. The number of hydrogen-bond acceptors (Lipinski definition) is 5. The molecule has 2 aromatic heterocycles. The van der Waals surface area contributed by atoms with Crippen molar-refractivity contribution in [1.82, 2.24) is 4.57 Å². The second-order valence-corrected chi connectivity index (χ2v) is 5.93. The molecule has 2 heterocycles. The Bertz CT molecular complexity index is 953. The van der Waals surface area contributed by atoms with Gasteiger partial charge in [-0.15, -0.1) is 0 Å².